The highest BCUT2D eigenvalue weighted by Gasteiger charge is 2.22. The van der Waals surface area contributed by atoms with Crippen LogP contribution in [0.4, 0.5) is 0 Å². The predicted octanol–water partition coefficient (Wildman–Crippen LogP) is 0.899. The molecule has 0 amide bonds. The third-order valence-electron chi connectivity index (χ3n) is 2.53. The minimum atomic E-state index is -0.180. The van der Waals surface area contributed by atoms with E-state index in [2.05, 4.69) is 10.4 Å². The van der Waals surface area contributed by atoms with Gasteiger partial charge >= 0.3 is 0 Å². The van der Waals surface area contributed by atoms with Crippen LogP contribution in [0.25, 0.3) is 0 Å². The molecule has 0 spiro atoms. The summed E-state index contributed by atoms with van der Waals surface area (Å²) in [6.07, 6.45) is 6.32. The summed E-state index contributed by atoms with van der Waals surface area (Å²) in [5.41, 5.74) is 3.66. The van der Waals surface area contributed by atoms with E-state index in [1.807, 2.05) is 12.1 Å². The van der Waals surface area contributed by atoms with E-state index in [1.165, 1.54) is 0 Å². The van der Waals surface area contributed by atoms with Crippen LogP contribution in [0.15, 0.2) is 30.3 Å². The summed E-state index contributed by atoms with van der Waals surface area (Å²) < 4.78 is 10.7. The quantitative estimate of drug-likeness (QED) is 0.584. The van der Waals surface area contributed by atoms with Crippen LogP contribution in [0.2, 0.25) is 0 Å². The molecule has 0 saturated heterocycles. The average Bonchev–Trinajstić information content (AvgIpc) is 2.84. The van der Waals surface area contributed by atoms with Gasteiger partial charge in [-0.2, -0.15) is 0 Å². The SMILES string of the molecule is COc1cnccc1C(NN)C1=CCCO1. The van der Waals surface area contributed by atoms with Crippen LogP contribution < -0.4 is 16.0 Å². The molecule has 5 heteroatoms. The minimum Gasteiger partial charge on any atom is -0.496 e. The lowest BCUT2D eigenvalue weighted by atomic mass is 10.1. The first-order valence-corrected chi connectivity index (χ1v) is 5.13. The summed E-state index contributed by atoms with van der Waals surface area (Å²) in [5.74, 6) is 7.10. The third-order valence-corrected chi connectivity index (χ3v) is 2.53. The molecule has 0 bridgehead atoms. The van der Waals surface area contributed by atoms with Crippen LogP contribution in [0, 0.1) is 0 Å². The molecule has 0 radical (unpaired) electrons. The first-order valence-electron chi connectivity index (χ1n) is 5.13. The number of ether oxygens (including phenoxy) is 2. The Morgan fingerprint density at radius 2 is 2.50 bits per heavy atom. The zero-order valence-electron chi connectivity index (χ0n) is 9.14. The largest absolute Gasteiger partial charge is 0.496 e. The number of pyridine rings is 1. The van der Waals surface area contributed by atoms with Crippen molar-refractivity contribution < 1.29 is 9.47 Å². The van der Waals surface area contributed by atoms with Gasteiger partial charge in [0.15, 0.2) is 0 Å². The van der Waals surface area contributed by atoms with Crippen molar-refractivity contribution in [2.45, 2.75) is 12.5 Å². The van der Waals surface area contributed by atoms with Crippen molar-refractivity contribution in [3.63, 3.8) is 0 Å². The summed E-state index contributed by atoms with van der Waals surface area (Å²) >= 11 is 0. The smallest absolute Gasteiger partial charge is 0.142 e. The maximum Gasteiger partial charge on any atom is 0.142 e. The highest BCUT2D eigenvalue weighted by Crippen LogP contribution is 2.31. The molecule has 0 fully saturated rings. The third kappa shape index (κ3) is 2.00. The van der Waals surface area contributed by atoms with Crippen LogP contribution in [0.5, 0.6) is 5.75 Å². The summed E-state index contributed by atoms with van der Waals surface area (Å²) in [7, 11) is 1.61. The van der Waals surface area contributed by atoms with E-state index in [0.717, 1.165) is 17.7 Å². The molecule has 1 atom stereocenters. The number of hydrogen-bond donors (Lipinski definition) is 2. The van der Waals surface area contributed by atoms with Crippen LogP contribution in [-0.2, 0) is 4.74 Å². The van der Waals surface area contributed by atoms with Crippen molar-refractivity contribution >= 4 is 0 Å². The van der Waals surface area contributed by atoms with Crippen LogP contribution in [-0.4, -0.2) is 18.7 Å². The number of nitrogens with two attached hydrogens (primary N) is 1. The van der Waals surface area contributed by atoms with E-state index in [0.29, 0.717) is 12.4 Å². The Kier molecular flexibility index (Phi) is 3.38. The molecule has 86 valence electrons. The summed E-state index contributed by atoms with van der Waals surface area (Å²) in [5, 5.41) is 0. The number of hydrazine groups is 1. The molecule has 1 aromatic heterocycles. The maximum atomic E-state index is 5.56. The summed E-state index contributed by atoms with van der Waals surface area (Å²) in [4.78, 5) is 4.01. The van der Waals surface area contributed by atoms with Crippen molar-refractivity contribution in [3.05, 3.63) is 35.9 Å². The fourth-order valence-electron chi connectivity index (χ4n) is 1.76. The van der Waals surface area contributed by atoms with Crippen LogP contribution in [0.3, 0.4) is 0 Å². The van der Waals surface area contributed by atoms with Crippen molar-refractivity contribution in [3.8, 4) is 5.75 Å². The number of hydrogen-bond acceptors (Lipinski definition) is 5. The fourth-order valence-corrected chi connectivity index (χ4v) is 1.76. The molecular weight excluding hydrogens is 206 g/mol. The topological polar surface area (TPSA) is 69.4 Å². The number of nitrogens with one attached hydrogen (secondary N) is 1. The first kappa shape index (κ1) is 10.9. The second-order valence-corrected chi connectivity index (χ2v) is 3.46. The molecule has 2 heterocycles. The molecule has 1 aliphatic heterocycles. The minimum absolute atomic E-state index is 0.180. The molecule has 1 aromatic rings. The molecule has 0 aliphatic carbocycles. The Hall–Kier alpha value is -1.59. The molecule has 0 saturated carbocycles. The standard InChI is InChI=1S/C11H15N3O2/c1-15-10-7-13-5-4-8(10)11(14-12)9-3-2-6-16-9/h3-5,7,11,14H,2,6,12H2,1H3. The maximum absolute atomic E-state index is 5.56. The summed E-state index contributed by atoms with van der Waals surface area (Å²) in [6.45, 7) is 0.709. The lowest BCUT2D eigenvalue weighted by molar-refractivity contribution is 0.214. The highest BCUT2D eigenvalue weighted by atomic mass is 16.5. The van der Waals surface area contributed by atoms with Crippen LogP contribution >= 0.6 is 0 Å². The highest BCUT2D eigenvalue weighted by molar-refractivity contribution is 5.37. The Labute approximate surface area is 94.2 Å². The van der Waals surface area contributed by atoms with Gasteiger partial charge in [-0.05, 0) is 12.1 Å². The molecule has 16 heavy (non-hydrogen) atoms. The molecule has 1 unspecified atom stereocenters. The molecule has 5 nitrogen and oxygen atoms in total. The van der Waals surface area contributed by atoms with E-state index in [4.69, 9.17) is 15.3 Å². The Morgan fingerprint density at radius 3 is 3.12 bits per heavy atom. The van der Waals surface area contributed by atoms with Gasteiger partial charge in [0.2, 0.25) is 0 Å². The van der Waals surface area contributed by atoms with E-state index in [1.54, 1.807) is 19.5 Å². The zero-order chi connectivity index (χ0) is 11.4. The van der Waals surface area contributed by atoms with Gasteiger partial charge in [0.05, 0.1) is 19.9 Å². The monoisotopic (exact) mass is 221 g/mol. The Balaban J connectivity index is 2.32. The number of methoxy groups -OCH3 is 1. The number of aromatic nitrogens is 1. The van der Waals surface area contributed by atoms with Crippen LogP contribution in [0.1, 0.15) is 18.0 Å². The van der Waals surface area contributed by atoms with Gasteiger partial charge in [0, 0.05) is 18.2 Å². The fraction of sp³-hybridized carbons (Fsp3) is 0.364. The number of nitrogens with zero attached hydrogens (tertiary/aromatic N) is 1. The van der Waals surface area contributed by atoms with Gasteiger partial charge < -0.3 is 9.47 Å². The number of rotatable bonds is 4. The molecule has 1 aliphatic rings. The normalized spacial score (nSPS) is 16.5. The van der Waals surface area contributed by atoms with Crippen molar-refractivity contribution in [2.75, 3.05) is 13.7 Å². The van der Waals surface area contributed by atoms with E-state index >= 15 is 0 Å². The Morgan fingerprint density at radius 1 is 1.62 bits per heavy atom. The Bertz CT molecular complexity index is 393. The van der Waals surface area contributed by atoms with E-state index < -0.39 is 0 Å². The van der Waals surface area contributed by atoms with Crippen molar-refractivity contribution in [1.29, 1.82) is 0 Å². The lowest BCUT2D eigenvalue weighted by Gasteiger charge is -2.19. The summed E-state index contributed by atoms with van der Waals surface area (Å²) in [6, 6.07) is 1.69. The molecule has 3 N–H and O–H groups in total. The molecule has 2 rings (SSSR count). The predicted molar refractivity (Wildman–Crippen MR) is 59.5 cm³/mol. The second kappa shape index (κ2) is 4.96. The molecule has 0 aromatic carbocycles. The lowest BCUT2D eigenvalue weighted by Crippen LogP contribution is -2.30. The van der Waals surface area contributed by atoms with E-state index in [-0.39, 0.29) is 6.04 Å². The van der Waals surface area contributed by atoms with Gasteiger partial charge in [-0.15, -0.1) is 0 Å². The van der Waals surface area contributed by atoms with Gasteiger partial charge in [-0.1, -0.05) is 0 Å². The van der Waals surface area contributed by atoms with Gasteiger partial charge in [-0.3, -0.25) is 10.8 Å². The second-order valence-electron chi connectivity index (χ2n) is 3.46. The zero-order valence-corrected chi connectivity index (χ0v) is 9.14. The van der Waals surface area contributed by atoms with Gasteiger partial charge in [-0.25, -0.2) is 5.43 Å². The van der Waals surface area contributed by atoms with E-state index in [9.17, 15) is 0 Å². The molecular formula is C11H15N3O2. The van der Waals surface area contributed by atoms with Gasteiger partial charge in [0.25, 0.3) is 0 Å². The van der Waals surface area contributed by atoms with Gasteiger partial charge in [0.1, 0.15) is 17.6 Å². The first-order chi connectivity index (χ1) is 7.86. The van der Waals surface area contributed by atoms with Crippen molar-refractivity contribution in [2.24, 2.45) is 5.84 Å². The average molecular weight is 221 g/mol. The van der Waals surface area contributed by atoms with Crippen molar-refractivity contribution in [1.82, 2.24) is 10.4 Å².